The zero-order valence-electron chi connectivity index (χ0n) is 21.4. The summed E-state index contributed by atoms with van der Waals surface area (Å²) in [5.41, 5.74) is 17.6. The summed E-state index contributed by atoms with van der Waals surface area (Å²) in [6.07, 6.45) is -1.38. The van der Waals surface area contributed by atoms with E-state index in [9.17, 15) is 24.3 Å². The van der Waals surface area contributed by atoms with Crippen LogP contribution in [0.4, 0.5) is 16.8 Å². The molecule has 4 rings (SSSR count). The van der Waals surface area contributed by atoms with Crippen molar-refractivity contribution in [1.29, 1.82) is 0 Å². The lowest BCUT2D eigenvalue weighted by Gasteiger charge is -2.50. The number of carbonyl (C=O) groups is 4. The zero-order chi connectivity index (χ0) is 30.2. The molecule has 1 unspecified atom stereocenters. The number of carbonyl (C=O) groups excluding carboxylic acids is 3. The van der Waals surface area contributed by atoms with Gasteiger partial charge in [0.15, 0.2) is 10.8 Å². The van der Waals surface area contributed by atoms with Crippen molar-refractivity contribution in [3.63, 3.8) is 0 Å². The highest BCUT2D eigenvalue weighted by atomic mass is 32.2. The molecule has 20 heteroatoms. The Bertz CT molecular complexity index is 1510. The van der Waals surface area contributed by atoms with Crippen molar-refractivity contribution in [2.24, 2.45) is 5.16 Å². The molecule has 0 saturated carbocycles. The molecule has 10 N–H and O–H groups in total. The van der Waals surface area contributed by atoms with Crippen LogP contribution in [0.2, 0.25) is 0 Å². The molecule has 218 valence electrons. The number of carboxylic acids is 2. The van der Waals surface area contributed by atoms with Gasteiger partial charge in [-0.25, -0.2) is 9.78 Å². The van der Waals surface area contributed by atoms with Crippen molar-refractivity contribution in [3.8, 4) is 0 Å². The minimum absolute atomic E-state index is 0.000257. The topological polar surface area (TPSA) is 282 Å². The van der Waals surface area contributed by atoms with Gasteiger partial charge in [0.2, 0.25) is 17.7 Å². The number of oxime groups is 1. The summed E-state index contributed by atoms with van der Waals surface area (Å²) in [6.45, 7) is 2.86. The van der Waals surface area contributed by atoms with Crippen LogP contribution in [0.3, 0.4) is 0 Å². The molecule has 0 spiro atoms. The third-order valence-corrected chi connectivity index (χ3v) is 9.03. The summed E-state index contributed by atoms with van der Waals surface area (Å²) in [7, 11) is 0. The van der Waals surface area contributed by atoms with Gasteiger partial charge in [-0.15, -0.1) is 27.8 Å². The summed E-state index contributed by atoms with van der Waals surface area (Å²) >= 11 is 3.29. The predicted molar refractivity (Wildman–Crippen MR) is 147 cm³/mol. The van der Waals surface area contributed by atoms with E-state index in [0.29, 0.717) is 11.1 Å². The standard InChI is InChI=1S/C21H24N10O7S3/c1-6-13(22)28-21(31(25)14(6)23)41-4-8-3-39-17-11(16(33)30(17)12(8)19(36)37)27-15(32)10(9-5-40-20(24)26-9)29-38-7(2)18(34)35/h5,7,11,17H,3-4,25H2,1-2H3,(H8,22,23,24,26,27,32,34,35,36,37)/b29-10-/t7-,11?,17-/m1/s1. The first-order valence-electron chi connectivity index (χ1n) is 11.5. The first-order valence-corrected chi connectivity index (χ1v) is 14.5. The lowest BCUT2D eigenvalue weighted by Crippen LogP contribution is -2.71. The van der Waals surface area contributed by atoms with Crippen molar-refractivity contribution in [2.75, 3.05) is 34.5 Å². The number of thioether (sulfide) groups is 2. The number of nitrogen functional groups attached to an aromatic ring is 4. The van der Waals surface area contributed by atoms with Gasteiger partial charge in [-0.05, 0) is 31.2 Å². The maximum Gasteiger partial charge on any atom is 0.347 e. The van der Waals surface area contributed by atoms with Crippen LogP contribution in [-0.4, -0.2) is 78.5 Å². The number of aliphatic carboxylic acids is 2. The van der Waals surface area contributed by atoms with Crippen LogP contribution in [-0.2, 0) is 24.0 Å². The van der Waals surface area contributed by atoms with Crippen LogP contribution >= 0.6 is 34.9 Å². The van der Waals surface area contributed by atoms with Crippen molar-refractivity contribution >= 4 is 81.1 Å². The average molecular weight is 625 g/mol. The molecule has 0 radical (unpaired) electrons. The molecule has 0 aliphatic carbocycles. The number of thiazole rings is 1. The molecule has 17 nitrogen and oxygen atoms in total. The van der Waals surface area contributed by atoms with E-state index in [2.05, 4.69) is 20.4 Å². The number of nitrogens with two attached hydrogens (primary N) is 4. The second-order valence-corrected chi connectivity index (χ2v) is 11.6. The largest absolute Gasteiger partial charge is 0.543 e. The number of anilines is 3. The first-order chi connectivity index (χ1) is 19.3. The van der Waals surface area contributed by atoms with Crippen molar-refractivity contribution in [3.05, 3.63) is 27.9 Å². The molecule has 4 heterocycles. The van der Waals surface area contributed by atoms with Crippen LogP contribution < -0.4 is 38.1 Å². The highest BCUT2D eigenvalue weighted by Crippen LogP contribution is 2.41. The number of nitrogens with one attached hydrogen (secondary N) is 1. The molecule has 2 aliphatic heterocycles. The van der Waals surface area contributed by atoms with Gasteiger partial charge in [0, 0.05) is 16.9 Å². The first kappa shape index (κ1) is 29.7. The van der Waals surface area contributed by atoms with Gasteiger partial charge in [0.25, 0.3) is 11.8 Å². The molecule has 2 amide bonds. The monoisotopic (exact) mass is 624 g/mol. The summed E-state index contributed by atoms with van der Waals surface area (Å²) in [5, 5.41) is 28.3. The van der Waals surface area contributed by atoms with E-state index in [1.165, 1.54) is 24.1 Å². The molecule has 2 aliphatic rings. The Labute approximate surface area is 243 Å². The highest BCUT2D eigenvalue weighted by molar-refractivity contribution is 8.01. The van der Waals surface area contributed by atoms with Gasteiger partial charge in [0.05, 0.1) is 17.2 Å². The average Bonchev–Trinajstić information content (AvgIpc) is 3.36. The summed E-state index contributed by atoms with van der Waals surface area (Å²) < 4.78 is 1.13. The fourth-order valence-corrected chi connectivity index (χ4v) is 6.64. The van der Waals surface area contributed by atoms with Gasteiger partial charge in [0.1, 0.15) is 17.1 Å². The maximum absolute atomic E-state index is 13.1. The highest BCUT2D eigenvalue weighted by Gasteiger charge is 2.53. The van der Waals surface area contributed by atoms with E-state index in [0.717, 1.165) is 32.7 Å². The normalized spacial score (nSPS) is 19.3. The summed E-state index contributed by atoms with van der Waals surface area (Å²) in [5.74, 6) is 2.09. The third-order valence-electron chi connectivity index (χ3n) is 5.98. The second-order valence-electron chi connectivity index (χ2n) is 8.65. The Hall–Kier alpha value is -4.30. The van der Waals surface area contributed by atoms with Crippen molar-refractivity contribution < 1.29 is 38.9 Å². The lowest BCUT2D eigenvalue weighted by molar-refractivity contribution is -0.667. The maximum atomic E-state index is 13.1. The van der Waals surface area contributed by atoms with Crippen molar-refractivity contribution in [2.45, 2.75) is 36.5 Å². The smallest absolute Gasteiger partial charge is 0.347 e. The molecule has 3 atom stereocenters. The number of hydrogen-bond donors (Lipinski definition) is 6. The Morgan fingerprint density at radius 2 is 2.07 bits per heavy atom. The number of aromatic nitrogens is 3. The van der Waals surface area contributed by atoms with E-state index >= 15 is 0 Å². The van der Waals surface area contributed by atoms with E-state index < -0.39 is 47.0 Å². The Kier molecular flexibility index (Phi) is 8.44. The molecule has 2 aromatic rings. The number of amides is 2. The Balaban J connectivity index is 1.52. The number of β-lactam (4-membered cyclic amide) rings is 1. The number of carboxylic acid groups (broad SMARTS) is 2. The fraction of sp³-hybridized carbons (Fsp3) is 0.333. The minimum Gasteiger partial charge on any atom is -0.543 e. The summed E-state index contributed by atoms with van der Waals surface area (Å²) in [4.78, 5) is 63.5. The van der Waals surface area contributed by atoms with E-state index in [4.69, 9.17) is 33.0 Å². The zero-order valence-corrected chi connectivity index (χ0v) is 23.8. The van der Waals surface area contributed by atoms with Crippen LogP contribution in [0.15, 0.2) is 27.0 Å². The van der Waals surface area contributed by atoms with Crippen LogP contribution in [0, 0.1) is 6.92 Å². The lowest BCUT2D eigenvalue weighted by atomic mass is 10.0. The SMILES string of the molecule is Cc1c(N)nc(SCC2=C(C(=O)[O-])N3C(=O)C(NC(=O)/C(=N\O[C@H](C)C(=O)O)c4csc(N)n4)[C@H]3SC2)[n+](N)c1N. The van der Waals surface area contributed by atoms with Crippen molar-refractivity contribution in [1.82, 2.24) is 20.2 Å². The molecule has 1 fully saturated rings. The molecule has 1 saturated heterocycles. The Morgan fingerprint density at radius 1 is 1.37 bits per heavy atom. The molecule has 41 heavy (non-hydrogen) atoms. The number of hydrogen-bond acceptors (Lipinski definition) is 16. The quantitative estimate of drug-likeness (QED) is 0.0292. The number of fused-ring (bicyclic) bond motifs is 1. The number of nitrogens with zero attached hydrogens (tertiary/aromatic N) is 5. The van der Waals surface area contributed by atoms with Gasteiger partial charge >= 0.3 is 11.1 Å². The summed E-state index contributed by atoms with van der Waals surface area (Å²) in [6, 6.07) is -1.13. The minimum atomic E-state index is -1.57. The van der Waals surface area contributed by atoms with E-state index in [1.807, 2.05) is 0 Å². The van der Waals surface area contributed by atoms with E-state index in [1.54, 1.807) is 6.92 Å². The molecule has 2 aromatic heterocycles. The molecule has 0 aromatic carbocycles. The molecular weight excluding hydrogens is 600 g/mol. The van der Waals surface area contributed by atoms with Gasteiger partial charge in [-0.2, -0.15) is 0 Å². The van der Waals surface area contributed by atoms with Crippen LogP contribution in [0.25, 0.3) is 0 Å². The van der Waals surface area contributed by atoms with Gasteiger partial charge in [-0.3, -0.25) is 20.3 Å². The predicted octanol–water partition coefficient (Wildman–Crippen LogP) is -3.02. The van der Waals surface area contributed by atoms with Gasteiger partial charge < -0.3 is 42.4 Å². The van der Waals surface area contributed by atoms with Crippen LogP contribution in [0.1, 0.15) is 18.2 Å². The van der Waals surface area contributed by atoms with Crippen LogP contribution in [0.5, 0.6) is 0 Å². The molecular formula is C21H24N10O7S3. The number of rotatable bonds is 10. The third kappa shape index (κ3) is 5.79. The second kappa shape index (κ2) is 11.7. The fourth-order valence-electron chi connectivity index (χ4n) is 3.68. The van der Waals surface area contributed by atoms with Gasteiger partial charge in [-0.1, -0.05) is 10.1 Å². The Morgan fingerprint density at radius 3 is 2.68 bits per heavy atom. The van der Waals surface area contributed by atoms with E-state index in [-0.39, 0.29) is 44.8 Å². The molecule has 0 bridgehead atoms.